The Bertz CT molecular complexity index is 4150. The van der Waals surface area contributed by atoms with Gasteiger partial charge < -0.3 is 8.98 Å². The van der Waals surface area contributed by atoms with Gasteiger partial charge in [0.1, 0.15) is 11.2 Å². The van der Waals surface area contributed by atoms with Crippen LogP contribution in [0.1, 0.15) is 33.4 Å². The first-order valence-electron chi connectivity index (χ1n) is 23.7. The largest absolute Gasteiger partial charge is 0.455 e. The van der Waals surface area contributed by atoms with Crippen molar-refractivity contribution in [3.8, 4) is 50.6 Å². The molecular formula is C65H43N3O. The Balaban J connectivity index is 1.05. The van der Waals surface area contributed by atoms with Gasteiger partial charge in [-0.2, -0.15) is 0 Å². The van der Waals surface area contributed by atoms with Crippen LogP contribution in [0.3, 0.4) is 0 Å². The number of aromatic nitrogens is 3. The molecule has 324 valence electrons. The minimum atomic E-state index is -0.632. The van der Waals surface area contributed by atoms with E-state index in [1.54, 1.807) is 0 Å². The third kappa shape index (κ3) is 5.82. The molecule has 10 aromatic carbocycles. The van der Waals surface area contributed by atoms with Gasteiger partial charge in [-0.15, -0.1) is 0 Å². The van der Waals surface area contributed by atoms with Gasteiger partial charge in [-0.1, -0.05) is 181 Å². The molecule has 3 aromatic heterocycles. The van der Waals surface area contributed by atoms with Crippen LogP contribution in [-0.2, 0) is 5.41 Å². The molecule has 0 radical (unpaired) electrons. The molecule has 0 fully saturated rings. The monoisotopic (exact) mass is 881 g/mol. The SMILES string of the molecule is Cc1ccc(C2(c3ccc(C)cc3)c3ccc(-c4ccc5c(c4)c4ccccc4n5-c4ccccc4)cc3-c3c(-c4nc(-c5cccc6c5oc5ccccc56)c5ccccc5n4)cccc32)cc1. The van der Waals surface area contributed by atoms with E-state index in [-0.39, 0.29) is 0 Å². The summed E-state index contributed by atoms with van der Waals surface area (Å²) in [6, 6.07) is 81.6. The molecule has 4 heteroatoms. The van der Waals surface area contributed by atoms with E-state index in [9.17, 15) is 0 Å². The van der Waals surface area contributed by atoms with E-state index >= 15 is 0 Å². The lowest BCUT2D eigenvalue weighted by atomic mass is 9.67. The maximum Gasteiger partial charge on any atom is 0.161 e. The van der Waals surface area contributed by atoms with Crippen molar-refractivity contribution in [2.75, 3.05) is 0 Å². The number of fused-ring (bicyclic) bond motifs is 10. The van der Waals surface area contributed by atoms with Crippen LogP contribution < -0.4 is 0 Å². The molecule has 0 spiro atoms. The first-order chi connectivity index (χ1) is 34.0. The Hall–Kier alpha value is -8.86. The van der Waals surface area contributed by atoms with Gasteiger partial charge >= 0.3 is 0 Å². The molecule has 0 unspecified atom stereocenters. The topological polar surface area (TPSA) is 43.9 Å². The molecule has 0 amide bonds. The van der Waals surface area contributed by atoms with Crippen molar-refractivity contribution < 1.29 is 4.42 Å². The van der Waals surface area contributed by atoms with E-state index in [4.69, 9.17) is 14.4 Å². The van der Waals surface area contributed by atoms with Crippen molar-refractivity contribution in [3.63, 3.8) is 0 Å². The summed E-state index contributed by atoms with van der Waals surface area (Å²) < 4.78 is 9.04. The van der Waals surface area contributed by atoms with Crippen LogP contribution in [0.2, 0.25) is 0 Å². The van der Waals surface area contributed by atoms with E-state index < -0.39 is 5.41 Å². The zero-order chi connectivity index (χ0) is 45.8. The Kier molecular flexibility index (Phi) is 8.59. The predicted octanol–water partition coefficient (Wildman–Crippen LogP) is 16.6. The van der Waals surface area contributed by atoms with Crippen LogP contribution >= 0.6 is 0 Å². The van der Waals surface area contributed by atoms with E-state index in [1.807, 2.05) is 12.1 Å². The van der Waals surface area contributed by atoms with Gasteiger partial charge in [0.05, 0.1) is 27.7 Å². The first-order valence-corrected chi connectivity index (χ1v) is 23.7. The molecule has 14 rings (SSSR count). The minimum absolute atomic E-state index is 0.632. The molecule has 3 heterocycles. The van der Waals surface area contributed by atoms with Gasteiger partial charge in [-0.3, -0.25) is 0 Å². The Labute approximate surface area is 399 Å². The van der Waals surface area contributed by atoms with Crippen LogP contribution in [0.15, 0.2) is 229 Å². The minimum Gasteiger partial charge on any atom is -0.455 e. The van der Waals surface area contributed by atoms with Crippen molar-refractivity contribution in [2.24, 2.45) is 0 Å². The van der Waals surface area contributed by atoms with Crippen LogP contribution in [0.5, 0.6) is 0 Å². The van der Waals surface area contributed by atoms with Crippen LogP contribution in [0, 0.1) is 13.8 Å². The summed E-state index contributed by atoms with van der Waals surface area (Å²) in [6.45, 7) is 4.33. The lowest BCUT2D eigenvalue weighted by molar-refractivity contribution is 0.670. The standard InChI is InChI=1S/C65H43N3O/c1-40-26-32-44(33-27-40)65(45-34-28-41(2)29-35-45)55-36-30-42(43-31-37-59-53(38-43)47-16-7-10-24-58(47)68(59)46-14-4-3-5-15-46)39-54(55)61-51(20-13-22-56(61)65)64-66-57-23-9-6-18-50(57)62(67-64)52-21-12-19-49-48-17-8-11-25-60(48)69-63(49)52/h3-39H,1-2H3. The highest BCUT2D eigenvalue weighted by molar-refractivity contribution is 6.12. The van der Waals surface area contributed by atoms with Crippen LogP contribution in [-0.4, -0.2) is 14.5 Å². The molecule has 1 aliphatic rings. The molecule has 0 N–H and O–H groups in total. The number of benzene rings is 10. The van der Waals surface area contributed by atoms with Gasteiger partial charge in [0, 0.05) is 43.7 Å². The van der Waals surface area contributed by atoms with Crippen LogP contribution in [0.25, 0.3) is 105 Å². The van der Waals surface area contributed by atoms with Crippen LogP contribution in [0.4, 0.5) is 0 Å². The Morgan fingerprint density at radius 1 is 0.420 bits per heavy atom. The lowest BCUT2D eigenvalue weighted by Crippen LogP contribution is -2.28. The fourth-order valence-corrected chi connectivity index (χ4v) is 11.5. The summed E-state index contributed by atoms with van der Waals surface area (Å²) in [7, 11) is 0. The molecule has 0 saturated heterocycles. The molecule has 4 nitrogen and oxygen atoms in total. The highest BCUT2D eigenvalue weighted by Crippen LogP contribution is 2.59. The number of hydrogen-bond acceptors (Lipinski definition) is 3. The van der Waals surface area contributed by atoms with Gasteiger partial charge in [-0.25, -0.2) is 9.97 Å². The van der Waals surface area contributed by atoms with Gasteiger partial charge in [-0.05, 0) is 113 Å². The number of para-hydroxylation sites is 5. The second kappa shape index (κ2) is 15.1. The lowest BCUT2D eigenvalue weighted by Gasteiger charge is -2.34. The average molecular weight is 882 g/mol. The van der Waals surface area contributed by atoms with Crippen molar-refractivity contribution >= 4 is 54.6 Å². The second-order valence-electron chi connectivity index (χ2n) is 18.6. The second-order valence-corrected chi connectivity index (χ2v) is 18.6. The number of rotatable bonds is 6. The first kappa shape index (κ1) is 39.3. The molecule has 69 heavy (non-hydrogen) atoms. The summed E-state index contributed by atoms with van der Waals surface area (Å²) in [5.41, 5.74) is 20.1. The smallest absolute Gasteiger partial charge is 0.161 e. The summed E-state index contributed by atoms with van der Waals surface area (Å²) >= 11 is 0. The van der Waals surface area contributed by atoms with E-state index in [0.717, 1.165) is 72.0 Å². The quantitative estimate of drug-likeness (QED) is 0.167. The fourth-order valence-electron chi connectivity index (χ4n) is 11.5. The molecule has 0 aliphatic heterocycles. The molecule has 0 atom stereocenters. The normalized spacial score (nSPS) is 12.9. The van der Waals surface area contributed by atoms with Gasteiger partial charge in [0.15, 0.2) is 5.82 Å². The zero-order valence-corrected chi connectivity index (χ0v) is 38.1. The highest BCUT2D eigenvalue weighted by Gasteiger charge is 2.47. The summed E-state index contributed by atoms with van der Waals surface area (Å²) in [5.74, 6) is 0.670. The Morgan fingerprint density at radius 3 is 1.84 bits per heavy atom. The van der Waals surface area contributed by atoms with Crippen molar-refractivity contribution in [1.82, 2.24) is 14.5 Å². The molecule has 13 aromatic rings. The molecule has 0 saturated carbocycles. The maximum absolute atomic E-state index is 6.66. The maximum atomic E-state index is 6.66. The van der Waals surface area contributed by atoms with Gasteiger partial charge in [0.25, 0.3) is 0 Å². The van der Waals surface area contributed by atoms with Crippen molar-refractivity contribution in [2.45, 2.75) is 19.3 Å². The predicted molar refractivity (Wildman–Crippen MR) is 284 cm³/mol. The molecule has 0 bridgehead atoms. The summed E-state index contributed by atoms with van der Waals surface area (Å²) in [5, 5.41) is 5.58. The number of nitrogens with zero attached hydrogens (tertiary/aromatic N) is 3. The number of hydrogen-bond donors (Lipinski definition) is 0. The number of furan rings is 1. The molecular weight excluding hydrogens is 839 g/mol. The summed E-state index contributed by atoms with van der Waals surface area (Å²) in [4.78, 5) is 11.1. The third-order valence-electron chi connectivity index (χ3n) is 14.7. The summed E-state index contributed by atoms with van der Waals surface area (Å²) in [6.07, 6.45) is 0. The third-order valence-corrected chi connectivity index (χ3v) is 14.7. The van der Waals surface area contributed by atoms with E-state index in [0.29, 0.717) is 5.82 Å². The highest BCUT2D eigenvalue weighted by atomic mass is 16.3. The number of aryl methyl sites for hydroxylation is 2. The van der Waals surface area contributed by atoms with E-state index in [2.05, 4.69) is 231 Å². The fraction of sp³-hybridized carbons (Fsp3) is 0.0462. The van der Waals surface area contributed by atoms with Crippen molar-refractivity contribution in [3.05, 3.63) is 258 Å². The molecule has 1 aliphatic carbocycles. The average Bonchev–Trinajstić information content (AvgIpc) is 4.05. The zero-order valence-electron chi connectivity index (χ0n) is 38.1. The van der Waals surface area contributed by atoms with E-state index in [1.165, 1.54) is 60.8 Å². The Morgan fingerprint density at radius 2 is 1.04 bits per heavy atom. The van der Waals surface area contributed by atoms with Gasteiger partial charge in [0.2, 0.25) is 0 Å². The van der Waals surface area contributed by atoms with Crippen molar-refractivity contribution in [1.29, 1.82) is 0 Å².